The minimum Gasteiger partial charge on any atom is -0.457 e. The number of fused-ring (bicyclic) bond motifs is 2. The van der Waals surface area contributed by atoms with E-state index in [1.165, 1.54) is 0 Å². The van der Waals surface area contributed by atoms with Gasteiger partial charge in [-0.25, -0.2) is 4.79 Å². The van der Waals surface area contributed by atoms with Crippen LogP contribution in [0.1, 0.15) is 72.1 Å². The van der Waals surface area contributed by atoms with Gasteiger partial charge in [0.2, 0.25) is 0 Å². The van der Waals surface area contributed by atoms with Crippen molar-refractivity contribution < 1.29 is 44.3 Å². The number of carbonyl (C=O) groups is 2. The summed E-state index contributed by atoms with van der Waals surface area (Å²) in [5.41, 5.74) is 4.48. The number of quaternary nitrogens is 2. The van der Waals surface area contributed by atoms with E-state index in [2.05, 4.69) is 10.6 Å². The number of piperidine rings is 1. The van der Waals surface area contributed by atoms with Crippen LogP contribution < -0.4 is 16.4 Å². The highest BCUT2D eigenvalue weighted by Crippen LogP contribution is 2.49. The van der Waals surface area contributed by atoms with Crippen molar-refractivity contribution >= 4 is 11.8 Å². The first-order valence-electron chi connectivity index (χ1n) is 14.8. The van der Waals surface area contributed by atoms with Crippen LogP contribution in [0, 0.1) is 17.8 Å². The molecule has 0 aromatic rings. The molecule has 8 unspecified atom stereocenters. The fourth-order valence-electron chi connectivity index (χ4n) is 7.57. The van der Waals surface area contributed by atoms with E-state index in [1.807, 2.05) is 27.8 Å². The third-order valence-electron chi connectivity index (χ3n) is 9.84. The predicted molar refractivity (Wildman–Crippen MR) is 137 cm³/mol. The lowest BCUT2D eigenvalue weighted by molar-refractivity contribution is -0.699. The molecule has 0 aromatic carbocycles. The molecule has 1 saturated carbocycles. The summed E-state index contributed by atoms with van der Waals surface area (Å²) in [4.78, 5) is 26.5. The monoisotopic (exact) mass is 539 g/mol. The zero-order valence-corrected chi connectivity index (χ0v) is 23.5. The zero-order valence-electron chi connectivity index (χ0n) is 23.5. The molecule has 1 aliphatic carbocycles. The van der Waals surface area contributed by atoms with Crippen molar-refractivity contribution in [3.05, 3.63) is 0 Å². The van der Waals surface area contributed by atoms with Crippen LogP contribution >= 0.6 is 0 Å². The summed E-state index contributed by atoms with van der Waals surface area (Å²) in [6.07, 6.45) is 3.80. The third kappa shape index (κ3) is 5.55. The average Bonchev–Trinajstić information content (AvgIpc) is 3.56. The van der Waals surface area contributed by atoms with Gasteiger partial charge in [0.15, 0.2) is 5.60 Å². The highest BCUT2D eigenvalue weighted by atomic mass is 16.7. The second-order valence-electron chi connectivity index (χ2n) is 13.1. The predicted octanol–water partition coefficient (Wildman–Crippen LogP) is -1.03. The highest BCUT2D eigenvalue weighted by Gasteiger charge is 2.65. The third-order valence-corrected chi connectivity index (χ3v) is 9.84. The van der Waals surface area contributed by atoms with E-state index in [0.717, 1.165) is 38.8 Å². The minimum absolute atomic E-state index is 0.0545. The van der Waals surface area contributed by atoms with Gasteiger partial charge >= 0.3 is 5.97 Å². The van der Waals surface area contributed by atoms with Gasteiger partial charge in [0.25, 0.3) is 0 Å². The van der Waals surface area contributed by atoms with Crippen LogP contribution in [0.5, 0.6) is 0 Å². The normalized spacial score (nSPS) is 46.1. The molecule has 0 amide bonds. The average molecular weight is 540 g/mol. The van der Waals surface area contributed by atoms with Gasteiger partial charge in [-0.1, -0.05) is 0 Å². The number of Topliss-reactive ketones (excluding diaryl/α,β-unsaturated/α-hetero) is 1. The van der Waals surface area contributed by atoms with E-state index >= 15 is 0 Å². The Morgan fingerprint density at radius 2 is 2.00 bits per heavy atom. The Morgan fingerprint density at radius 3 is 2.74 bits per heavy atom. The number of aliphatic hydroxyl groups is 1. The smallest absolute Gasteiger partial charge is 0.341 e. The number of epoxide rings is 1. The summed E-state index contributed by atoms with van der Waals surface area (Å²) in [5, 5.41) is 15.5. The van der Waals surface area contributed by atoms with Crippen LogP contribution in [0.3, 0.4) is 0 Å². The van der Waals surface area contributed by atoms with E-state index in [9.17, 15) is 14.7 Å². The number of hydrogen-bond acceptors (Lipinski definition) is 8. The molecule has 4 heterocycles. The molecule has 4 saturated heterocycles. The lowest BCUT2D eigenvalue weighted by Gasteiger charge is -2.53. The molecule has 5 fully saturated rings. The van der Waals surface area contributed by atoms with Crippen molar-refractivity contribution in [2.24, 2.45) is 23.5 Å². The number of rotatable bonds is 8. The Hall–Kier alpha value is -1.14. The maximum Gasteiger partial charge on any atom is 0.341 e. The van der Waals surface area contributed by atoms with Gasteiger partial charge < -0.3 is 34.7 Å². The molecule has 10 heteroatoms. The molecule has 10 nitrogen and oxygen atoms in total. The van der Waals surface area contributed by atoms with Crippen LogP contribution in [-0.4, -0.2) is 91.0 Å². The fourth-order valence-corrected chi connectivity index (χ4v) is 7.57. The van der Waals surface area contributed by atoms with Gasteiger partial charge in [0, 0.05) is 31.6 Å². The Bertz CT molecular complexity index is 887. The molecule has 4 aliphatic heterocycles. The van der Waals surface area contributed by atoms with Gasteiger partial charge in [-0.15, -0.1) is 0 Å². The van der Waals surface area contributed by atoms with Crippen molar-refractivity contribution in [2.45, 2.75) is 126 Å². The highest BCUT2D eigenvalue weighted by molar-refractivity contribution is 5.84. The minimum atomic E-state index is -0.915. The molecule has 0 bridgehead atoms. The van der Waals surface area contributed by atoms with Crippen molar-refractivity contribution in [1.29, 1.82) is 0 Å². The number of nitrogens with two attached hydrogens (primary N) is 3. The van der Waals surface area contributed by atoms with Crippen LogP contribution in [0.25, 0.3) is 0 Å². The van der Waals surface area contributed by atoms with Gasteiger partial charge in [-0.3, -0.25) is 10.5 Å². The second kappa shape index (κ2) is 11.0. The Kier molecular flexibility index (Phi) is 8.24. The Balaban J connectivity index is 1.24. The van der Waals surface area contributed by atoms with E-state index in [4.69, 9.17) is 24.7 Å². The van der Waals surface area contributed by atoms with Crippen LogP contribution in [0.2, 0.25) is 0 Å². The van der Waals surface area contributed by atoms with E-state index in [1.54, 1.807) is 0 Å². The summed E-state index contributed by atoms with van der Waals surface area (Å²) in [5.74, 6) is -0.529. The maximum atomic E-state index is 13.7. The number of carbonyl (C=O) groups excluding carboxylic acids is 2. The molecule has 216 valence electrons. The molecule has 0 radical (unpaired) electrons. The SMILES string of the molecule is C[NH2+]CC[C@@]1(C(=O)O[C@@H]2CC3C(CC4OC(C)CC(=O)C4C3O)OC2(C)C)O[C@@H]1CCC1CC[NH2+]C(N)C1. The van der Waals surface area contributed by atoms with E-state index in [0.29, 0.717) is 31.6 Å². The van der Waals surface area contributed by atoms with E-state index in [-0.39, 0.29) is 48.3 Å². The van der Waals surface area contributed by atoms with E-state index < -0.39 is 29.3 Å². The van der Waals surface area contributed by atoms with Crippen LogP contribution in [-0.2, 0) is 28.5 Å². The van der Waals surface area contributed by atoms with Crippen molar-refractivity contribution in [2.75, 3.05) is 20.1 Å². The van der Waals surface area contributed by atoms with Crippen LogP contribution in [0.15, 0.2) is 0 Å². The van der Waals surface area contributed by atoms with Crippen LogP contribution in [0.4, 0.5) is 0 Å². The van der Waals surface area contributed by atoms with Crippen molar-refractivity contribution in [3.63, 3.8) is 0 Å². The summed E-state index contributed by atoms with van der Waals surface area (Å²) < 4.78 is 24.8. The Morgan fingerprint density at radius 1 is 1.21 bits per heavy atom. The Labute approximate surface area is 226 Å². The summed E-state index contributed by atoms with van der Waals surface area (Å²) in [6, 6.07) is 0. The second-order valence-corrected chi connectivity index (χ2v) is 13.1. The fraction of sp³-hybridized carbons (Fsp3) is 0.929. The summed E-state index contributed by atoms with van der Waals surface area (Å²) >= 11 is 0. The van der Waals surface area contributed by atoms with Gasteiger partial charge in [0.1, 0.15) is 18.1 Å². The van der Waals surface area contributed by atoms with Gasteiger partial charge in [-0.2, -0.15) is 0 Å². The molecular formula is C28H49N3O7+2. The molecular weight excluding hydrogens is 490 g/mol. The molecule has 38 heavy (non-hydrogen) atoms. The molecule has 11 atom stereocenters. The molecule has 5 aliphatic rings. The first-order valence-corrected chi connectivity index (χ1v) is 14.8. The number of aliphatic hydroxyl groups excluding tert-OH is 1. The lowest BCUT2D eigenvalue weighted by Crippen LogP contribution is -2.94. The quantitative estimate of drug-likeness (QED) is 0.226. The summed E-state index contributed by atoms with van der Waals surface area (Å²) in [7, 11) is 1.99. The first-order chi connectivity index (χ1) is 18.0. The maximum absolute atomic E-state index is 13.7. The van der Waals surface area contributed by atoms with Gasteiger partial charge in [0.05, 0.1) is 62.2 Å². The van der Waals surface area contributed by atoms with Crippen molar-refractivity contribution in [3.8, 4) is 0 Å². The molecule has 0 aromatic heterocycles. The molecule has 0 spiro atoms. The number of esters is 1. The largest absolute Gasteiger partial charge is 0.457 e. The van der Waals surface area contributed by atoms with Gasteiger partial charge in [-0.05, 0) is 52.4 Å². The molecule has 5 rings (SSSR count). The number of hydrogen-bond donors (Lipinski definition) is 4. The number of ether oxygens (including phenoxy) is 4. The lowest BCUT2D eigenvalue weighted by atomic mass is 9.67. The van der Waals surface area contributed by atoms with Crippen molar-refractivity contribution in [1.82, 2.24) is 0 Å². The molecule has 7 N–H and O–H groups in total. The standard InChI is InChI=1S/C28H47N3O7/c1-15-11-18(32)24-20(35-15)14-19-17(25(24)33)13-22(27(2,3)37-19)36-26(34)28(8-10-30-4)21(38-28)6-5-16-7-9-31-23(29)12-16/h15-17,19-25,30-31,33H,5-14,29H2,1-4H3/p+2/t15?,16?,17?,19?,20?,21-,22-,23?,24?,25?,28-/m1/s1. The zero-order chi connectivity index (χ0) is 27.2. The number of ketones is 1. The topological polar surface area (TPSA) is 154 Å². The summed E-state index contributed by atoms with van der Waals surface area (Å²) in [6.45, 7) is 7.60. The first kappa shape index (κ1) is 28.4.